The van der Waals surface area contributed by atoms with Crippen LogP contribution < -0.4 is 0 Å². The molecule has 0 saturated carbocycles. The van der Waals surface area contributed by atoms with Crippen molar-refractivity contribution in [3.8, 4) is 5.69 Å². The fraction of sp³-hybridized carbons (Fsp3) is 0.526. The van der Waals surface area contributed by atoms with Crippen molar-refractivity contribution in [3.63, 3.8) is 0 Å². The van der Waals surface area contributed by atoms with Gasteiger partial charge in [0.25, 0.3) is 0 Å². The van der Waals surface area contributed by atoms with Crippen LogP contribution in [0.3, 0.4) is 0 Å². The lowest BCUT2D eigenvalue weighted by molar-refractivity contribution is -0.130. The predicted octanol–water partition coefficient (Wildman–Crippen LogP) is 2.24. The molecule has 1 amide bonds. The maximum atomic E-state index is 11.9. The van der Waals surface area contributed by atoms with Gasteiger partial charge in [-0.1, -0.05) is 23.4 Å². The Morgan fingerprint density at radius 1 is 1.12 bits per heavy atom. The highest BCUT2D eigenvalue weighted by atomic mass is 16.2. The van der Waals surface area contributed by atoms with Gasteiger partial charge in [0.1, 0.15) is 0 Å². The highest BCUT2D eigenvalue weighted by Gasteiger charge is 2.38. The highest BCUT2D eigenvalue weighted by Crippen LogP contribution is 2.30. The molecule has 0 radical (unpaired) electrons. The SMILES string of the molecule is CC(=O)N1CCCC1C1CCCN1Cc1cn(-c2ccccc2)nn1. The molecule has 6 heteroatoms. The van der Waals surface area contributed by atoms with Crippen molar-refractivity contribution in [2.45, 2.75) is 51.2 Å². The molecule has 2 atom stereocenters. The highest BCUT2D eigenvalue weighted by molar-refractivity contribution is 5.74. The van der Waals surface area contributed by atoms with Crippen molar-refractivity contribution in [1.29, 1.82) is 0 Å². The van der Waals surface area contributed by atoms with E-state index in [4.69, 9.17) is 0 Å². The van der Waals surface area contributed by atoms with E-state index in [1.54, 1.807) is 6.92 Å². The van der Waals surface area contributed by atoms with E-state index in [1.807, 2.05) is 41.2 Å². The van der Waals surface area contributed by atoms with Crippen molar-refractivity contribution >= 4 is 5.91 Å². The summed E-state index contributed by atoms with van der Waals surface area (Å²) in [6.07, 6.45) is 6.62. The fourth-order valence-electron chi connectivity index (χ4n) is 4.35. The summed E-state index contributed by atoms with van der Waals surface area (Å²) < 4.78 is 1.83. The normalized spacial score (nSPS) is 24.1. The van der Waals surface area contributed by atoms with E-state index in [0.717, 1.165) is 43.9 Å². The van der Waals surface area contributed by atoms with Gasteiger partial charge in [-0.05, 0) is 44.4 Å². The molecule has 2 aliphatic rings. The first-order valence-electron chi connectivity index (χ1n) is 9.20. The van der Waals surface area contributed by atoms with Crippen molar-refractivity contribution in [1.82, 2.24) is 24.8 Å². The van der Waals surface area contributed by atoms with Crippen LogP contribution in [0.2, 0.25) is 0 Å². The lowest BCUT2D eigenvalue weighted by Gasteiger charge is -2.34. The Morgan fingerprint density at radius 2 is 1.88 bits per heavy atom. The second-order valence-corrected chi connectivity index (χ2v) is 7.09. The summed E-state index contributed by atoms with van der Waals surface area (Å²) >= 11 is 0. The molecule has 2 aliphatic heterocycles. The molecule has 2 fully saturated rings. The first-order chi connectivity index (χ1) is 12.2. The number of nitrogens with zero attached hydrogens (tertiary/aromatic N) is 5. The van der Waals surface area contributed by atoms with Gasteiger partial charge in [0, 0.05) is 32.1 Å². The molecule has 4 rings (SSSR count). The lowest BCUT2D eigenvalue weighted by atomic mass is 10.0. The minimum atomic E-state index is 0.212. The number of para-hydroxylation sites is 1. The minimum absolute atomic E-state index is 0.212. The number of hydrogen-bond donors (Lipinski definition) is 0. The second-order valence-electron chi connectivity index (χ2n) is 7.09. The van der Waals surface area contributed by atoms with Crippen molar-refractivity contribution in [3.05, 3.63) is 42.2 Å². The molecular weight excluding hydrogens is 314 g/mol. The summed E-state index contributed by atoms with van der Waals surface area (Å²) in [7, 11) is 0. The van der Waals surface area contributed by atoms with Crippen LogP contribution in [-0.2, 0) is 11.3 Å². The Morgan fingerprint density at radius 3 is 2.68 bits per heavy atom. The number of rotatable bonds is 4. The molecule has 0 aliphatic carbocycles. The molecule has 2 unspecified atom stereocenters. The third-order valence-corrected chi connectivity index (χ3v) is 5.49. The molecule has 0 N–H and O–H groups in total. The Bertz CT molecular complexity index is 728. The summed E-state index contributed by atoms with van der Waals surface area (Å²) in [5, 5.41) is 8.63. The van der Waals surface area contributed by atoms with Gasteiger partial charge in [-0.3, -0.25) is 9.69 Å². The van der Waals surface area contributed by atoms with Crippen molar-refractivity contribution < 1.29 is 4.79 Å². The number of benzene rings is 1. The van der Waals surface area contributed by atoms with Gasteiger partial charge < -0.3 is 4.90 Å². The van der Waals surface area contributed by atoms with Gasteiger partial charge in [0.2, 0.25) is 5.91 Å². The monoisotopic (exact) mass is 339 g/mol. The van der Waals surface area contributed by atoms with Gasteiger partial charge in [0.05, 0.1) is 17.6 Å². The zero-order valence-electron chi connectivity index (χ0n) is 14.7. The topological polar surface area (TPSA) is 54.3 Å². The molecule has 1 aromatic heterocycles. The smallest absolute Gasteiger partial charge is 0.219 e. The number of amides is 1. The predicted molar refractivity (Wildman–Crippen MR) is 95.2 cm³/mol. The van der Waals surface area contributed by atoms with Crippen LogP contribution >= 0.6 is 0 Å². The first kappa shape index (κ1) is 16.3. The van der Waals surface area contributed by atoms with Crippen molar-refractivity contribution in [2.24, 2.45) is 0 Å². The minimum Gasteiger partial charge on any atom is -0.338 e. The molecule has 2 saturated heterocycles. The van der Waals surface area contributed by atoms with Gasteiger partial charge >= 0.3 is 0 Å². The molecule has 132 valence electrons. The van der Waals surface area contributed by atoms with Crippen LogP contribution in [0.25, 0.3) is 5.69 Å². The average molecular weight is 339 g/mol. The molecule has 0 spiro atoms. The summed E-state index contributed by atoms with van der Waals surface area (Å²) in [6.45, 7) is 4.49. The Kier molecular flexibility index (Phi) is 4.53. The molecule has 25 heavy (non-hydrogen) atoms. The van der Waals surface area contributed by atoms with Crippen LogP contribution in [-0.4, -0.2) is 55.9 Å². The maximum absolute atomic E-state index is 11.9. The van der Waals surface area contributed by atoms with Crippen molar-refractivity contribution in [2.75, 3.05) is 13.1 Å². The number of carbonyl (C=O) groups excluding carboxylic acids is 1. The van der Waals surface area contributed by atoms with Crippen LogP contribution in [0.5, 0.6) is 0 Å². The van der Waals surface area contributed by atoms with Crippen LogP contribution in [0.15, 0.2) is 36.5 Å². The molecule has 3 heterocycles. The standard InChI is InChI=1S/C19H25N5O/c1-15(25)23-12-6-10-19(23)18-9-5-11-22(18)13-16-14-24(21-20-16)17-7-3-2-4-8-17/h2-4,7-8,14,18-19H,5-6,9-13H2,1H3. The van der Waals surface area contributed by atoms with E-state index in [2.05, 4.69) is 20.1 Å². The summed E-state index contributed by atoms with van der Waals surface area (Å²) in [6, 6.07) is 10.9. The van der Waals surface area contributed by atoms with Gasteiger partial charge in [-0.15, -0.1) is 5.10 Å². The Hall–Kier alpha value is -2.21. The summed E-state index contributed by atoms with van der Waals surface area (Å²) in [5.74, 6) is 0.212. The third kappa shape index (κ3) is 3.31. The van der Waals surface area contributed by atoms with E-state index < -0.39 is 0 Å². The summed E-state index contributed by atoms with van der Waals surface area (Å²) in [4.78, 5) is 16.5. The van der Waals surface area contributed by atoms with E-state index in [0.29, 0.717) is 12.1 Å². The van der Waals surface area contributed by atoms with Gasteiger partial charge in [0.15, 0.2) is 0 Å². The van der Waals surface area contributed by atoms with E-state index in [1.165, 1.54) is 12.8 Å². The van der Waals surface area contributed by atoms with E-state index >= 15 is 0 Å². The lowest BCUT2D eigenvalue weighted by Crippen LogP contribution is -2.47. The van der Waals surface area contributed by atoms with Gasteiger partial charge in [-0.2, -0.15) is 0 Å². The third-order valence-electron chi connectivity index (χ3n) is 5.49. The molecule has 0 bridgehead atoms. The number of likely N-dealkylation sites (tertiary alicyclic amines) is 2. The summed E-state index contributed by atoms with van der Waals surface area (Å²) in [5.41, 5.74) is 2.01. The second kappa shape index (κ2) is 6.96. The molecular formula is C19H25N5O. The molecule has 2 aromatic rings. The van der Waals surface area contributed by atoms with Gasteiger partial charge in [-0.25, -0.2) is 4.68 Å². The number of carbonyl (C=O) groups is 1. The zero-order valence-corrected chi connectivity index (χ0v) is 14.7. The van der Waals surface area contributed by atoms with Crippen LogP contribution in [0.1, 0.15) is 38.3 Å². The van der Waals surface area contributed by atoms with E-state index in [9.17, 15) is 4.79 Å². The Balaban J connectivity index is 1.47. The van der Waals surface area contributed by atoms with Crippen LogP contribution in [0.4, 0.5) is 0 Å². The number of hydrogen-bond acceptors (Lipinski definition) is 4. The number of aromatic nitrogens is 3. The first-order valence-corrected chi connectivity index (χ1v) is 9.20. The zero-order chi connectivity index (χ0) is 17.2. The maximum Gasteiger partial charge on any atom is 0.219 e. The molecule has 1 aromatic carbocycles. The largest absolute Gasteiger partial charge is 0.338 e. The fourth-order valence-corrected chi connectivity index (χ4v) is 4.35. The molecule has 6 nitrogen and oxygen atoms in total. The van der Waals surface area contributed by atoms with Crippen LogP contribution in [0, 0.1) is 0 Å². The average Bonchev–Trinajstić information content (AvgIpc) is 3.36. The Labute approximate surface area is 148 Å². The van der Waals surface area contributed by atoms with E-state index in [-0.39, 0.29) is 5.91 Å². The quantitative estimate of drug-likeness (QED) is 0.857.